The van der Waals surface area contributed by atoms with Crippen LogP contribution in [0.15, 0.2) is 48.5 Å². The Morgan fingerprint density at radius 3 is 2.55 bits per heavy atom. The SMILES string of the molecule is CCc1ccc(C(CN)N2CCc3ccccc32)cc1. The highest BCUT2D eigenvalue weighted by Crippen LogP contribution is 2.34. The Labute approximate surface area is 121 Å². The summed E-state index contributed by atoms with van der Waals surface area (Å²) in [6.45, 7) is 3.91. The molecule has 0 bridgehead atoms. The Hall–Kier alpha value is -1.80. The summed E-state index contributed by atoms with van der Waals surface area (Å²) >= 11 is 0. The Kier molecular flexibility index (Phi) is 3.75. The summed E-state index contributed by atoms with van der Waals surface area (Å²) in [6, 6.07) is 17.9. The molecule has 0 aromatic heterocycles. The van der Waals surface area contributed by atoms with E-state index >= 15 is 0 Å². The summed E-state index contributed by atoms with van der Waals surface area (Å²) < 4.78 is 0. The Morgan fingerprint density at radius 2 is 1.85 bits per heavy atom. The molecule has 0 fully saturated rings. The maximum Gasteiger partial charge on any atom is 0.0665 e. The third kappa shape index (κ3) is 2.32. The number of hydrogen-bond acceptors (Lipinski definition) is 2. The van der Waals surface area contributed by atoms with Crippen LogP contribution >= 0.6 is 0 Å². The molecule has 0 aliphatic carbocycles. The van der Waals surface area contributed by atoms with Gasteiger partial charge in [0.2, 0.25) is 0 Å². The van der Waals surface area contributed by atoms with Crippen molar-refractivity contribution < 1.29 is 0 Å². The molecule has 0 saturated carbocycles. The third-order valence-corrected chi connectivity index (χ3v) is 4.30. The quantitative estimate of drug-likeness (QED) is 0.920. The van der Waals surface area contributed by atoms with Gasteiger partial charge in [0.1, 0.15) is 0 Å². The zero-order valence-corrected chi connectivity index (χ0v) is 12.0. The van der Waals surface area contributed by atoms with Crippen LogP contribution in [0.25, 0.3) is 0 Å². The molecule has 1 atom stereocenters. The van der Waals surface area contributed by atoms with Gasteiger partial charge < -0.3 is 10.6 Å². The van der Waals surface area contributed by atoms with Crippen LogP contribution in [0.2, 0.25) is 0 Å². The minimum absolute atomic E-state index is 0.282. The van der Waals surface area contributed by atoms with Crippen molar-refractivity contribution in [1.82, 2.24) is 0 Å². The monoisotopic (exact) mass is 266 g/mol. The summed E-state index contributed by atoms with van der Waals surface area (Å²) in [6.07, 6.45) is 2.21. The normalized spacial score (nSPS) is 15.2. The lowest BCUT2D eigenvalue weighted by Crippen LogP contribution is -2.32. The fourth-order valence-corrected chi connectivity index (χ4v) is 3.11. The highest BCUT2D eigenvalue weighted by molar-refractivity contribution is 5.59. The van der Waals surface area contributed by atoms with E-state index in [1.807, 2.05) is 0 Å². The maximum atomic E-state index is 6.07. The van der Waals surface area contributed by atoms with Gasteiger partial charge in [-0.3, -0.25) is 0 Å². The number of benzene rings is 2. The average Bonchev–Trinajstić information content (AvgIpc) is 2.93. The van der Waals surface area contributed by atoms with Crippen LogP contribution in [-0.2, 0) is 12.8 Å². The van der Waals surface area contributed by atoms with Gasteiger partial charge in [-0.05, 0) is 35.6 Å². The lowest BCUT2D eigenvalue weighted by Gasteiger charge is -2.30. The van der Waals surface area contributed by atoms with E-state index in [4.69, 9.17) is 5.73 Å². The van der Waals surface area contributed by atoms with Crippen LogP contribution in [-0.4, -0.2) is 13.1 Å². The second-order valence-electron chi connectivity index (χ2n) is 5.42. The van der Waals surface area contributed by atoms with E-state index in [0.717, 1.165) is 19.4 Å². The van der Waals surface area contributed by atoms with Gasteiger partial charge in [0.15, 0.2) is 0 Å². The van der Waals surface area contributed by atoms with Crippen molar-refractivity contribution in [3.05, 3.63) is 65.2 Å². The van der Waals surface area contributed by atoms with Gasteiger partial charge in [-0.1, -0.05) is 49.4 Å². The first-order valence-electron chi connectivity index (χ1n) is 7.47. The number of fused-ring (bicyclic) bond motifs is 1. The van der Waals surface area contributed by atoms with Crippen LogP contribution < -0.4 is 10.6 Å². The van der Waals surface area contributed by atoms with Gasteiger partial charge in [-0.15, -0.1) is 0 Å². The first kappa shape index (κ1) is 13.2. The molecule has 2 N–H and O–H groups in total. The van der Waals surface area contributed by atoms with E-state index in [2.05, 4.69) is 60.4 Å². The highest BCUT2D eigenvalue weighted by atomic mass is 15.2. The molecule has 20 heavy (non-hydrogen) atoms. The summed E-state index contributed by atoms with van der Waals surface area (Å²) in [4.78, 5) is 2.45. The third-order valence-electron chi connectivity index (χ3n) is 4.30. The molecule has 2 aromatic carbocycles. The number of hydrogen-bond donors (Lipinski definition) is 1. The molecule has 2 nitrogen and oxygen atoms in total. The molecule has 104 valence electrons. The van der Waals surface area contributed by atoms with E-state index in [0.29, 0.717) is 6.54 Å². The van der Waals surface area contributed by atoms with Gasteiger partial charge in [0.05, 0.1) is 6.04 Å². The number of para-hydroxylation sites is 1. The average molecular weight is 266 g/mol. The molecule has 2 aromatic rings. The zero-order chi connectivity index (χ0) is 13.9. The lowest BCUT2D eigenvalue weighted by molar-refractivity contribution is 0.649. The van der Waals surface area contributed by atoms with E-state index < -0.39 is 0 Å². The van der Waals surface area contributed by atoms with Gasteiger partial charge in [0, 0.05) is 18.8 Å². The van der Waals surface area contributed by atoms with Crippen molar-refractivity contribution in [2.45, 2.75) is 25.8 Å². The van der Waals surface area contributed by atoms with Gasteiger partial charge in [-0.2, -0.15) is 0 Å². The van der Waals surface area contributed by atoms with E-state index in [-0.39, 0.29) is 6.04 Å². The smallest absolute Gasteiger partial charge is 0.0665 e. The Balaban J connectivity index is 1.90. The molecule has 0 radical (unpaired) electrons. The van der Waals surface area contributed by atoms with E-state index in [1.54, 1.807) is 0 Å². The molecule has 1 aliphatic heterocycles. The molecule has 2 heteroatoms. The molecule has 3 rings (SSSR count). The largest absolute Gasteiger partial charge is 0.363 e. The summed E-state index contributed by atoms with van der Waals surface area (Å²) in [5.74, 6) is 0. The fourth-order valence-electron chi connectivity index (χ4n) is 3.11. The van der Waals surface area contributed by atoms with Crippen molar-refractivity contribution in [2.75, 3.05) is 18.0 Å². The van der Waals surface area contributed by atoms with Crippen molar-refractivity contribution in [1.29, 1.82) is 0 Å². The highest BCUT2D eigenvalue weighted by Gasteiger charge is 2.25. The van der Waals surface area contributed by atoms with Gasteiger partial charge >= 0.3 is 0 Å². The number of aryl methyl sites for hydroxylation is 1. The Morgan fingerprint density at radius 1 is 1.10 bits per heavy atom. The summed E-state index contributed by atoms with van der Waals surface area (Å²) in [7, 11) is 0. The fraction of sp³-hybridized carbons (Fsp3) is 0.333. The molecular weight excluding hydrogens is 244 g/mol. The standard InChI is InChI=1S/C18H22N2/c1-2-14-7-9-16(10-8-14)18(13-19)20-12-11-15-5-3-4-6-17(15)20/h3-10,18H,2,11-13,19H2,1H3. The van der Waals surface area contributed by atoms with Gasteiger partial charge in [-0.25, -0.2) is 0 Å². The first-order chi connectivity index (χ1) is 9.83. The summed E-state index contributed by atoms with van der Waals surface area (Å²) in [5.41, 5.74) is 11.6. The van der Waals surface area contributed by atoms with Crippen molar-refractivity contribution in [3.63, 3.8) is 0 Å². The second-order valence-corrected chi connectivity index (χ2v) is 5.42. The predicted molar refractivity (Wildman–Crippen MR) is 85.1 cm³/mol. The topological polar surface area (TPSA) is 29.3 Å². The number of nitrogens with zero attached hydrogens (tertiary/aromatic N) is 1. The zero-order valence-electron chi connectivity index (χ0n) is 12.0. The minimum Gasteiger partial charge on any atom is -0.363 e. The molecule has 0 spiro atoms. The van der Waals surface area contributed by atoms with E-state index in [9.17, 15) is 0 Å². The Bertz CT molecular complexity index is 574. The van der Waals surface area contributed by atoms with Crippen LogP contribution in [0.1, 0.15) is 29.7 Å². The predicted octanol–water partition coefficient (Wildman–Crippen LogP) is 3.31. The van der Waals surface area contributed by atoms with Crippen LogP contribution in [0.4, 0.5) is 5.69 Å². The number of nitrogens with two attached hydrogens (primary N) is 1. The molecule has 1 unspecified atom stereocenters. The molecule has 0 saturated heterocycles. The lowest BCUT2D eigenvalue weighted by atomic mass is 10.0. The molecule has 0 amide bonds. The molecule has 1 heterocycles. The first-order valence-corrected chi connectivity index (χ1v) is 7.47. The second kappa shape index (κ2) is 5.68. The summed E-state index contributed by atoms with van der Waals surface area (Å²) in [5, 5.41) is 0. The molecule has 1 aliphatic rings. The number of rotatable bonds is 4. The van der Waals surface area contributed by atoms with Crippen LogP contribution in [0.5, 0.6) is 0 Å². The van der Waals surface area contributed by atoms with Crippen molar-refractivity contribution >= 4 is 5.69 Å². The van der Waals surface area contributed by atoms with Gasteiger partial charge in [0.25, 0.3) is 0 Å². The van der Waals surface area contributed by atoms with Crippen LogP contribution in [0, 0.1) is 0 Å². The van der Waals surface area contributed by atoms with Crippen LogP contribution in [0.3, 0.4) is 0 Å². The maximum absolute atomic E-state index is 6.07. The molecular formula is C18H22N2. The van der Waals surface area contributed by atoms with E-state index in [1.165, 1.54) is 22.4 Å². The minimum atomic E-state index is 0.282. The van der Waals surface area contributed by atoms with Crippen molar-refractivity contribution in [2.24, 2.45) is 5.73 Å². The number of anilines is 1. The van der Waals surface area contributed by atoms with Crippen molar-refractivity contribution in [3.8, 4) is 0 Å².